The van der Waals surface area contributed by atoms with Crippen molar-refractivity contribution < 1.29 is 18.6 Å². The molecule has 0 N–H and O–H groups in total. The van der Waals surface area contributed by atoms with Crippen LogP contribution >= 0.6 is 0 Å². The zero-order valence-electron chi connectivity index (χ0n) is 17.1. The summed E-state index contributed by atoms with van der Waals surface area (Å²) in [4.78, 5) is 12.6. The maximum atomic E-state index is 12.6. The number of hydrogen-bond donors (Lipinski definition) is 0. The van der Waals surface area contributed by atoms with Gasteiger partial charge in [0.05, 0.1) is 19.8 Å². The van der Waals surface area contributed by atoms with Crippen LogP contribution in [-0.4, -0.2) is 14.2 Å². The van der Waals surface area contributed by atoms with Gasteiger partial charge < -0.3 is 18.6 Å². The molecule has 0 spiro atoms. The van der Waals surface area contributed by atoms with Gasteiger partial charge in [-0.15, -0.1) is 0 Å². The lowest BCUT2D eigenvalue weighted by Crippen LogP contribution is -2.06. The van der Waals surface area contributed by atoms with Crippen LogP contribution in [0.3, 0.4) is 0 Å². The Kier molecular flexibility index (Phi) is 5.44. The Morgan fingerprint density at radius 3 is 2.30 bits per heavy atom. The molecule has 30 heavy (non-hydrogen) atoms. The SMILES string of the molecule is COc1ccc(-c2c(C)c3cc(OCc4cccc(OC)c4)ccc3oc2=O)cc1. The van der Waals surface area contributed by atoms with Crippen molar-refractivity contribution in [2.45, 2.75) is 13.5 Å². The van der Waals surface area contributed by atoms with Crippen molar-refractivity contribution in [3.63, 3.8) is 0 Å². The predicted octanol–water partition coefficient (Wildman–Crippen LogP) is 5.36. The fraction of sp³-hybridized carbons (Fsp3) is 0.160. The Hall–Kier alpha value is -3.73. The number of ether oxygens (including phenoxy) is 3. The summed E-state index contributed by atoms with van der Waals surface area (Å²) in [5.41, 5.74) is 3.34. The molecule has 1 aromatic heterocycles. The standard InChI is InChI=1S/C25H22O5/c1-16-22-14-21(29-15-17-5-4-6-20(13-17)28-3)11-12-23(22)30-25(26)24(16)18-7-9-19(27-2)10-8-18/h4-14H,15H2,1-3H3. The van der Waals surface area contributed by atoms with Crippen LogP contribution in [0.1, 0.15) is 11.1 Å². The first-order valence-electron chi connectivity index (χ1n) is 9.56. The minimum atomic E-state index is -0.366. The molecule has 0 atom stereocenters. The Balaban J connectivity index is 1.68. The molecule has 3 aromatic carbocycles. The molecule has 0 aliphatic carbocycles. The van der Waals surface area contributed by atoms with Crippen LogP contribution in [0.5, 0.6) is 17.2 Å². The molecule has 0 bridgehead atoms. The third kappa shape index (κ3) is 3.87. The number of fused-ring (bicyclic) bond motifs is 1. The lowest BCUT2D eigenvalue weighted by molar-refractivity contribution is 0.305. The molecule has 0 fully saturated rings. The van der Waals surface area contributed by atoms with Gasteiger partial charge in [0, 0.05) is 5.39 Å². The smallest absolute Gasteiger partial charge is 0.344 e. The Morgan fingerprint density at radius 2 is 1.57 bits per heavy atom. The first kappa shape index (κ1) is 19.6. The summed E-state index contributed by atoms with van der Waals surface area (Å²) in [5.74, 6) is 2.22. The fourth-order valence-corrected chi connectivity index (χ4v) is 3.44. The summed E-state index contributed by atoms with van der Waals surface area (Å²) < 4.78 is 22.0. The van der Waals surface area contributed by atoms with Gasteiger partial charge in [0.1, 0.15) is 29.4 Å². The molecule has 1 heterocycles. The van der Waals surface area contributed by atoms with E-state index in [1.807, 2.05) is 61.5 Å². The Bertz CT molecular complexity index is 1240. The number of rotatable bonds is 6. The zero-order valence-corrected chi connectivity index (χ0v) is 17.1. The van der Waals surface area contributed by atoms with Crippen molar-refractivity contribution in [2.75, 3.05) is 14.2 Å². The molecule has 0 saturated carbocycles. The van der Waals surface area contributed by atoms with Crippen molar-refractivity contribution in [3.8, 4) is 28.4 Å². The van der Waals surface area contributed by atoms with Gasteiger partial charge in [0.15, 0.2) is 0 Å². The van der Waals surface area contributed by atoms with Crippen LogP contribution in [0.2, 0.25) is 0 Å². The van der Waals surface area contributed by atoms with Gasteiger partial charge in [-0.3, -0.25) is 0 Å². The quantitative estimate of drug-likeness (QED) is 0.406. The highest BCUT2D eigenvalue weighted by atomic mass is 16.5. The molecule has 5 nitrogen and oxygen atoms in total. The van der Waals surface area contributed by atoms with E-state index in [1.165, 1.54) is 0 Å². The van der Waals surface area contributed by atoms with E-state index in [4.69, 9.17) is 18.6 Å². The molecule has 0 unspecified atom stereocenters. The number of benzene rings is 3. The summed E-state index contributed by atoms with van der Waals surface area (Å²) >= 11 is 0. The molecule has 5 heteroatoms. The summed E-state index contributed by atoms with van der Waals surface area (Å²) in [6, 6.07) is 20.6. The van der Waals surface area contributed by atoms with Gasteiger partial charge in [-0.05, 0) is 66.1 Å². The maximum Gasteiger partial charge on any atom is 0.344 e. The zero-order chi connectivity index (χ0) is 21.1. The molecule has 0 aliphatic heterocycles. The second-order valence-electron chi connectivity index (χ2n) is 6.92. The molecule has 0 radical (unpaired) electrons. The second-order valence-corrected chi connectivity index (χ2v) is 6.92. The van der Waals surface area contributed by atoms with Gasteiger partial charge >= 0.3 is 5.63 Å². The molecule has 0 aliphatic rings. The van der Waals surface area contributed by atoms with Crippen LogP contribution < -0.4 is 19.8 Å². The highest BCUT2D eigenvalue weighted by Gasteiger charge is 2.14. The predicted molar refractivity (Wildman–Crippen MR) is 117 cm³/mol. The van der Waals surface area contributed by atoms with Crippen LogP contribution in [0.25, 0.3) is 22.1 Å². The fourth-order valence-electron chi connectivity index (χ4n) is 3.44. The van der Waals surface area contributed by atoms with E-state index in [-0.39, 0.29) is 5.63 Å². The second kappa shape index (κ2) is 8.33. The summed E-state index contributed by atoms with van der Waals surface area (Å²) in [7, 11) is 3.25. The molecular weight excluding hydrogens is 380 g/mol. The third-order valence-corrected chi connectivity index (χ3v) is 5.06. The molecule has 4 aromatic rings. The molecule has 152 valence electrons. The van der Waals surface area contributed by atoms with E-state index >= 15 is 0 Å². The van der Waals surface area contributed by atoms with Crippen molar-refractivity contribution in [1.82, 2.24) is 0 Å². The lowest BCUT2D eigenvalue weighted by atomic mass is 9.99. The first-order valence-corrected chi connectivity index (χ1v) is 9.56. The van der Waals surface area contributed by atoms with Crippen molar-refractivity contribution in [3.05, 3.63) is 88.3 Å². The average Bonchev–Trinajstić information content (AvgIpc) is 2.78. The van der Waals surface area contributed by atoms with Crippen LogP contribution in [0, 0.1) is 6.92 Å². The molecule has 0 saturated heterocycles. The van der Waals surface area contributed by atoms with Crippen LogP contribution in [-0.2, 0) is 6.61 Å². The number of hydrogen-bond acceptors (Lipinski definition) is 5. The van der Waals surface area contributed by atoms with Crippen molar-refractivity contribution in [2.24, 2.45) is 0 Å². The molecule has 4 rings (SSSR count). The van der Waals surface area contributed by atoms with Crippen molar-refractivity contribution in [1.29, 1.82) is 0 Å². The minimum absolute atomic E-state index is 0.366. The van der Waals surface area contributed by atoms with E-state index in [9.17, 15) is 4.79 Å². The van der Waals surface area contributed by atoms with Gasteiger partial charge in [-0.2, -0.15) is 0 Å². The first-order chi connectivity index (χ1) is 14.6. The molecular formula is C25H22O5. The highest BCUT2D eigenvalue weighted by Crippen LogP contribution is 2.30. The third-order valence-electron chi connectivity index (χ3n) is 5.06. The van der Waals surface area contributed by atoms with Gasteiger partial charge in [-0.1, -0.05) is 24.3 Å². The van der Waals surface area contributed by atoms with Crippen LogP contribution in [0.15, 0.2) is 75.9 Å². The Morgan fingerprint density at radius 1 is 0.833 bits per heavy atom. The monoisotopic (exact) mass is 402 g/mol. The summed E-state index contributed by atoms with van der Waals surface area (Å²) in [6.07, 6.45) is 0. The lowest BCUT2D eigenvalue weighted by Gasteiger charge is -2.11. The molecule has 0 amide bonds. The maximum absolute atomic E-state index is 12.6. The number of methoxy groups -OCH3 is 2. The summed E-state index contributed by atoms with van der Waals surface area (Å²) in [5, 5.41) is 0.837. The topological polar surface area (TPSA) is 57.9 Å². The number of aryl methyl sites for hydroxylation is 1. The van der Waals surface area contributed by atoms with Gasteiger partial charge in [0.25, 0.3) is 0 Å². The van der Waals surface area contributed by atoms with E-state index in [0.717, 1.165) is 33.6 Å². The minimum Gasteiger partial charge on any atom is -0.497 e. The Labute approximate surface area is 174 Å². The van der Waals surface area contributed by atoms with Crippen molar-refractivity contribution >= 4 is 11.0 Å². The van der Waals surface area contributed by atoms with E-state index in [1.54, 1.807) is 26.4 Å². The van der Waals surface area contributed by atoms with Crippen LogP contribution in [0.4, 0.5) is 0 Å². The largest absolute Gasteiger partial charge is 0.497 e. The average molecular weight is 402 g/mol. The van der Waals surface area contributed by atoms with E-state index in [2.05, 4.69) is 0 Å². The highest BCUT2D eigenvalue weighted by molar-refractivity contribution is 5.87. The van der Waals surface area contributed by atoms with Gasteiger partial charge in [-0.25, -0.2) is 4.79 Å². The van der Waals surface area contributed by atoms with Gasteiger partial charge in [0.2, 0.25) is 0 Å². The normalized spacial score (nSPS) is 10.8. The van der Waals surface area contributed by atoms with E-state index in [0.29, 0.717) is 23.5 Å². The van der Waals surface area contributed by atoms with E-state index < -0.39 is 0 Å². The summed E-state index contributed by atoms with van der Waals surface area (Å²) in [6.45, 7) is 2.33.